The molecule has 0 aromatic carbocycles. The maximum atomic E-state index is 11.8. The summed E-state index contributed by atoms with van der Waals surface area (Å²) >= 11 is 0. The Morgan fingerprint density at radius 1 is 1.38 bits per heavy atom. The lowest BCUT2D eigenvalue weighted by molar-refractivity contribution is -0.0662. The molecule has 1 saturated heterocycles. The van der Waals surface area contributed by atoms with Crippen molar-refractivity contribution in [3.63, 3.8) is 0 Å². The molecule has 0 aliphatic carbocycles. The molecule has 118 valence electrons. The molecule has 0 amide bonds. The summed E-state index contributed by atoms with van der Waals surface area (Å²) in [6, 6.07) is 3.62. The molecule has 1 unspecified atom stereocenters. The number of aromatic nitrogens is 1. The summed E-state index contributed by atoms with van der Waals surface area (Å²) in [4.78, 5) is 11.8. The first-order valence-corrected chi connectivity index (χ1v) is 7.40. The highest BCUT2D eigenvalue weighted by Gasteiger charge is 2.45. The molecule has 1 aromatic heterocycles. The van der Waals surface area contributed by atoms with Gasteiger partial charge in [0.2, 0.25) is 0 Å². The number of anilines is 1. The van der Waals surface area contributed by atoms with Crippen LogP contribution >= 0.6 is 0 Å². The zero-order valence-corrected chi connectivity index (χ0v) is 13.6. The van der Waals surface area contributed by atoms with Gasteiger partial charge in [0.05, 0.1) is 29.5 Å². The summed E-state index contributed by atoms with van der Waals surface area (Å²) in [5.41, 5.74) is 0.549. The quantitative estimate of drug-likeness (QED) is 0.905. The van der Waals surface area contributed by atoms with Crippen LogP contribution in [-0.2, 0) is 16.0 Å². The van der Waals surface area contributed by atoms with E-state index in [2.05, 4.69) is 33.0 Å². The van der Waals surface area contributed by atoms with Gasteiger partial charge in [0.15, 0.2) is 0 Å². The van der Waals surface area contributed by atoms with Crippen molar-refractivity contribution < 1.29 is 9.47 Å². The largest absolute Gasteiger partial charge is 0.383 e. The zero-order valence-electron chi connectivity index (χ0n) is 13.6. The lowest BCUT2D eigenvalue weighted by Crippen LogP contribution is -2.38. The van der Waals surface area contributed by atoms with Gasteiger partial charge in [-0.05, 0) is 40.2 Å². The molecule has 0 radical (unpaired) electrons. The standard InChI is InChI=1S/C16H26N2O3/c1-15(2)10-13(16(3,4)21-15)17-12-6-7-14(19)18(11-12)8-9-20-5/h6-7,11,13,17H,8-10H2,1-5H3. The number of methoxy groups -OCH3 is 1. The van der Waals surface area contributed by atoms with Crippen LogP contribution in [0.3, 0.4) is 0 Å². The Labute approximate surface area is 126 Å². The van der Waals surface area contributed by atoms with Crippen LogP contribution in [0.1, 0.15) is 34.1 Å². The molecule has 1 aliphatic heterocycles. The van der Waals surface area contributed by atoms with E-state index in [4.69, 9.17) is 9.47 Å². The highest BCUT2D eigenvalue weighted by molar-refractivity contribution is 5.42. The van der Waals surface area contributed by atoms with Gasteiger partial charge in [0, 0.05) is 25.9 Å². The number of hydrogen-bond acceptors (Lipinski definition) is 4. The Bertz CT molecular complexity index is 549. The lowest BCUT2D eigenvalue weighted by atomic mass is 9.94. The Hall–Kier alpha value is -1.33. The van der Waals surface area contributed by atoms with Crippen LogP contribution in [0.5, 0.6) is 0 Å². The van der Waals surface area contributed by atoms with Crippen LogP contribution in [-0.4, -0.2) is 35.5 Å². The Balaban J connectivity index is 2.15. The van der Waals surface area contributed by atoms with Crippen LogP contribution in [0, 0.1) is 0 Å². The van der Waals surface area contributed by atoms with E-state index >= 15 is 0 Å². The van der Waals surface area contributed by atoms with E-state index in [9.17, 15) is 4.79 Å². The smallest absolute Gasteiger partial charge is 0.250 e. The fourth-order valence-corrected chi connectivity index (χ4v) is 2.97. The fraction of sp³-hybridized carbons (Fsp3) is 0.688. The lowest BCUT2D eigenvalue weighted by Gasteiger charge is -2.28. The van der Waals surface area contributed by atoms with E-state index in [-0.39, 0.29) is 22.8 Å². The minimum Gasteiger partial charge on any atom is -0.383 e. The topological polar surface area (TPSA) is 52.5 Å². The number of pyridine rings is 1. The summed E-state index contributed by atoms with van der Waals surface area (Å²) in [5, 5.41) is 3.51. The molecule has 1 fully saturated rings. The van der Waals surface area contributed by atoms with Crippen molar-refractivity contribution >= 4 is 5.69 Å². The van der Waals surface area contributed by atoms with Crippen LogP contribution < -0.4 is 10.9 Å². The van der Waals surface area contributed by atoms with Crippen molar-refractivity contribution in [3.05, 3.63) is 28.7 Å². The van der Waals surface area contributed by atoms with Crippen molar-refractivity contribution in [1.82, 2.24) is 4.57 Å². The van der Waals surface area contributed by atoms with Crippen molar-refractivity contribution in [2.24, 2.45) is 0 Å². The Morgan fingerprint density at radius 2 is 2.10 bits per heavy atom. The Kier molecular flexibility index (Phi) is 4.44. The molecular weight excluding hydrogens is 268 g/mol. The molecule has 5 nitrogen and oxygen atoms in total. The third kappa shape index (κ3) is 3.86. The summed E-state index contributed by atoms with van der Waals surface area (Å²) in [5.74, 6) is 0. The fourth-order valence-electron chi connectivity index (χ4n) is 2.97. The summed E-state index contributed by atoms with van der Waals surface area (Å²) < 4.78 is 12.8. The molecule has 0 spiro atoms. The average molecular weight is 294 g/mol. The highest BCUT2D eigenvalue weighted by Crippen LogP contribution is 2.38. The van der Waals surface area contributed by atoms with E-state index in [0.717, 1.165) is 12.1 Å². The van der Waals surface area contributed by atoms with E-state index in [0.29, 0.717) is 13.2 Å². The first kappa shape index (κ1) is 16.0. The number of nitrogens with zero attached hydrogens (tertiary/aromatic N) is 1. The van der Waals surface area contributed by atoms with Crippen LogP contribution in [0.4, 0.5) is 5.69 Å². The van der Waals surface area contributed by atoms with Crippen LogP contribution in [0.15, 0.2) is 23.1 Å². The minimum absolute atomic E-state index is 0.0140. The van der Waals surface area contributed by atoms with Gasteiger partial charge >= 0.3 is 0 Å². The molecule has 2 heterocycles. The summed E-state index contributed by atoms with van der Waals surface area (Å²) in [6.07, 6.45) is 2.78. The number of hydrogen-bond donors (Lipinski definition) is 1. The van der Waals surface area contributed by atoms with Crippen molar-refractivity contribution in [1.29, 1.82) is 0 Å². The normalized spacial score (nSPS) is 23.2. The molecule has 2 rings (SSSR count). The molecule has 1 aromatic rings. The van der Waals surface area contributed by atoms with Crippen molar-refractivity contribution in [2.45, 2.75) is 57.9 Å². The maximum Gasteiger partial charge on any atom is 0.250 e. The van der Waals surface area contributed by atoms with Crippen LogP contribution in [0.2, 0.25) is 0 Å². The first-order chi connectivity index (χ1) is 9.73. The predicted octanol–water partition coefficient (Wildman–Crippen LogP) is 2.25. The molecule has 0 bridgehead atoms. The van der Waals surface area contributed by atoms with Gasteiger partial charge in [-0.1, -0.05) is 0 Å². The SMILES string of the molecule is COCCn1cc(NC2CC(C)(C)OC2(C)C)ccc1=O. The van der Waals surface area contributed by atoms with E-state index < -0.39 is 0 Å². The van der Waals surface area contributed by atoms with Crippen molar-refractivity contribution in [3.8, 4) is 0 Å². The first-order valence-electron chi connectivity index (χ1n) is 7.40. The molecule has 21 heavy (non-hydrogen) atoms. The van der Waals surface area contributed by atoms with Crippen LogP contribution in [0.25, 0.3) is 0 Å². The summed E-state index contributed by atoms with van der Waals surface area (Å²) in [6.45, 7) is 9.49. The number of rotatable bonds is 5. The second-order valence-corrected chi connectivity index (χ2v) is 6.81. The average Bonchev–Trinajstić information content (AvgIpc) is 2.57. The van der Waals surface area contributed by atoms with Gasteiger partial charge < -0.3 is 19.4 Å². The van der Waals surface area contributed by atoms with Gasteiger partial charge in [0.1, 0.15) is 0 Å². The molecular formula is C16H26N2O3. The van der Waals surface area contributed by atoms with E-state index in [1.807, 2.05) is 12.3 Å². The summed E-state index contributed by atoms with van der Waals surface area (Å²) in [7, 11) is 1.63. The van der Waals surface area contributed by atoms with Gasteiger partial charge in [-0.25, -0.2) is 0 Å². The molecule has 5 heteroatoms. The highest BCUT2D eigenvalue weighted by atomic mass is 16.5. The van der Waals surface area contributed by atoms with Gasteiger partial charge in [0.25, 0.3) is 5.56 Å². The molecule has 1 N–H and O–H groups in total. The minimum atomic E-state index is -0.239. The Morgan fingerprint density at radius 3 is 2.67 bits per heavy atom. The predicted molar refractivity (Wildman–Crippen MR) is 83.8 cm³/mol. The second kappa shape index (κ2) is 5.81. The van der Waals surface area contributed by atoms with E-state index in [1.165, 1.54) is 0 Å². The number of nitrogens with one attached hydrogen (secondary N) is 1. The van der Waals surface area contributed by atoms with Gasteiger partial charge in [-0.2, -0.15) is 0 Å². The molecule has 1 atom stereocenters. The third-order valence-electron chi connectivity index (χ3n) is 3.93. The monoisotopic (exact) mass is 294 g/mol. The van der Waals surface area contributed by atoms with E-state index in [1.54, 1.807) is 17.7 Å². The zero-order chi connectivity index (χ0) is 15.7. The molecule has 1 aliphatic rings. The number of ether oxygens (including phenoxy) is 2. The second-order valence-electron chi connectivity index (χ2n) is 6.81. The maximum absolute atomic E-state index is 11.8. The third-order valence-corrected chi connectivity index (χ3v) is 3.93. The van der Waals surface area contributed by atoms with Gasteiger partial charge in [-0.15, -0.1) is 0 Å². The van der Waals surface area contributed by atoms with Crippen molar-refractivity contribution in [2.75, 3.05) is 19.0 Å². The van der Waals surface area contributed by atoms with Gasteiger partial charge in [-0.3, -0.25) is 4.79 Å². The molecule has 0 saturated carbocycles.